The standard InChI is InChI=1S/C8H4F4INO3/c9-1-4-6(17-8(10,11)12)5(13)3(2-14-4)7(15)16/h2H,1H2,(H,15,16). The van der Waals surface area contributed by atoms with E-state index in [0.717, 1.165) is 6.20 Å². The SMILES string of the molecule is O=C(O)c1cnc(CF)c(OC(F)(F)F)c1I. The Morgan fingerprint density at radius 1 is 1.53 bits per heavy atom. The van der Waals surface area contributed by atoms with E-state index in [9.17, 15) is 22.4 Å². The fourth-order valence-corrected chi connectivity index (χ4v) is 1.76. The summed E-state index contributed by atoms with van der Waals surface area (Å²) >= 11 is 1.33. The number of rotatable bonds is 3. The first kappa shape index (κ1) is 13.9. The molecule has 0 spiro atoms. The van der Waals surface area contributed by atoms with Crippen LogP contribution < -0.4 is 4.74 Å². The number of carboxylic acids is 1. The van der Waals surface area contributed by atoms with Crippen LogP contribution >= 0.6 is 22.6 Å². The van der Waals surface area contributed by atoms with Crippen molar-refractivity contribution >= 4 is 28.6 Å². The monoisotopic (exact) mass is 365 g/mol. The second-order valence-corrected chi connectivity index (χ2v) is 3.83. The lowest BCUT2D eigenvalue weighted by Gasteiger charge is -2.13. The van der Waals surface area contributed by atoms with Gasteiger partial charge in [-0.25, -0.2) is 9.18 Å². The molecule has 0 radical (unpaired) electrons. The normalized spacial score (nSPS) is 11.4. The van der Waals surface area contributed by atoms with Crippen LogP contribution in [-0.4, -0.2) is 22.4 Å². The summed E-state index contributed by atoms with van der Waals surface area (Å²) in [6.07, 6.45) is -4.26. The van der Waals surface area contributed by atoms with Gasteiger partial charge in [0.2, 0.25) is 0 Å². The van der Waals surface area contributed by atoms with E-state index in [1.165, 1.54) is 22.6 Å². The summed E-state index contributed by atoms with van der Waals surface area (Å²) in [6.45, 7) is -1.29. The van der Waals surface area contributed by atoms with E-state index in [2.05, 4.69) is 9.72 Å². The molecule has 1 aromatic heterocycles. The zero-order valence-corrected chi connectivity index (χ0v) is 10.0. The van der Waals surface area contributed by atoms with Gasteiger partial charge in [0.1, 0.15) is 12.4 Å². The van der Waals surface area contributed by atoms with Crippen LogP contribution in [0.5, 0.6) is 5.75 Å². The molecule has 0 atom stereocenters. The van der Waals surface area contributed by atoms with Gasteiger partial charge in [0, 0.05) is 6.20 Å². The highest BCUT2D eigenvalue weighted by atomic mass is 127. The lowest BCUT2D eigenvalue weighted by Crippen LogP contribution is -2.20. The number of ether oxygens (including phenoxy) is 1. The number of halogens is 5. The molecule has 0 aliphatic carbocycles. The smallest absolute Gasteiger partial charge is 0.478 e. The number of hydrogen-bond acceptors (Lipinski definition) is 3. The van der Waals surface area contributed by atoms with E-state index in [1.54, 1.807) is 0 Å². The molecule has 17 heavy (non-hydrogen) atoms. The molecule has 0 aliphatic rings. The summed E-state index contributed by atoms with van der Waals surface area (Å²) in [4.78, 5) is 13.9. The van der Waals surface area contributed by atoms with Crippen molar-refractivity contribution in [1.82, 2.24) is 4.98 Å². The summed E-state index contributed by atoms with van der Waals surface area (Å²) in [7, 11) is 0. The molecule has 94 valence electrons. The zero-order valence-electron chi connectivity index (χ0n) is 7.89. The summed E-state index contributed by atoms with van der Waals surface area (Å²) in [5.41, 5.74) is -1.08. The van der Waals surface area contributed by atoms with Gasteiger partial charge in [-0.15, -0.1) is 13.2 Å². The molecule has 0 saturated heterocycles. The van der Waals surface area contributed by atoms with E-state index < -0.39 is 36.0 Å². The Morgan fingerprint density at radius 2 is 2.12 bits per heavy atom. The van der Waals surface area contributed by atoms with Crippen molar-refractivity contribution in [1.29, 1.82) is 0 Å². The van der Waals surface area contributed by atoms with Crippen LogP contribution in [0.4, 0.5) is 17.6 Å². The van der Waals surface area contributed by atoms with Crippen LogP contribution in [-0.2, 0) is 6.67 Å². The van der Waals surface area contributed by atoms with Gasteiger partial charge in [-0.2, -0.15) is 0 Å². The maximum Gasteiger partial charge on any atom is 0.573 e. The minimum Gasteiger partial charge on any atom is -0.478 e. The number of hydrogen-bond donors (Lipinski definition) is 1. The second kappa shape index (κ2) is 5.02. The quantitative estimate of drug-likeness (QED) is 0.661. The summed E-state index contributed by atoms with van der Waals surface area (Å²) in [6, 6.07) is 0. The highest BCUT2D eigenvalue weighted by molar-refractivity contribution is 14.1. The molecule has 9 heteroatoms. The lowest BCUT2D eigenvalue weighted by atomic mass is 10.2. The van der Waals surface area contributed by atoms with Crippen molar-refractivity contribution in [3.05, 3.63) is 21.0 Å². The number of carboxylic acid groups (broad SMARTS) is 1. The van der Waals surface area contributed by atoms with Crippen molar-refractivity contribution < 1.29 is 32.2 Å². The Balaban J connectivity index is 3.32. The topological polar surface area (TPSA) is 59.4 Å². The van der Waals surface area contributed by atoms with Crippen LogP contribution in [0.1, 0.15) is 16.1 Å². The van der Waals surface area contributed by atoms with Gasteiger partial charge >= 0.3 is 12.3 Å². The summed E-state index contributed by atoms with van der Waals surface area (Å²) < 4.78 is 51.8. The van der Waals surface area contributed by atoms with E-state index in [-0.39, 0.29) is 3.57 Å². The van der Waals surface area contributed by atoms with Crippen molar-refractivity contribution in [2.75, 3.05) is 0 Å². The summed E-state index contributed by atoms with van der Waals surface area (Å²) in [5.74, 6) is -2.39. The van der Waals surface area contributed by atoms with E-state index in [4.69, 9.17) is 5.11 Å². The largest absolute Gasteiger partial charge is 0.573 e. The molecule has 1 aromatic rings. The second-order valence-electron chi connectivity index (χ2n) is 2.75. The predicted molar refractivity (Wildman–Crippen MR) is 55.4 cm³/mol. The fraction of sp³-hybridized carbons (Fsp3) is 0.250. The van der Waals surface area contributed by atoms with E-state index in [0.29, 0.717) is 0 Å². The van der Waals surface area contributed by atoms with Crippen LogP contribution in [0.25, 0.3) is 0 Å². The number of nitrogens with zero attached hydrogens (tertiary/aromatic N) is 1. The molecule has 1 heterocycles. The highest BCUT2D eigenvalue weighted by Crippen LogP contribution is 2.32. The van der Waals surface area contributed by atoms with Crippen molar-refractivity contribution in [3.63, 3.8) is 0 Å². The Bertz CT molecular complexity index is 449. The van der Waals surface area contributed by atoms with Crippen molar-refractivity contribution in [3.8, 4) is 5.75 Å². The van der Waals surface area contributed by atoms with Gasteiger partial charge in [-0.1, -0.05) is 0 Å². The molecule has 4 nitrogen and oxygen atoms in total. The van der Waals surface area contributed by atoms with Crippen LogP contribution in [0.3, 0.4) is 0 Å². The van der Waals surface area contributed by atoms with Gasteiger partial charge in [0.15, 0.2) is 5.75 Å². The van der Waals surface area contributed by atoms with E-state index in [1.807, 2.05) is 0 Å². The molecule has 1 N–H and O–H groups in total. The number of aromatic nitrogens is 1. The number of aromatic carboxylic acids is 1. The first-order valence-electron chi connectivity index (χ1n) is 3.98. The number of alkyl halides is 4. The number of pyridine rings is 1. The summed E-state index contributed by atoms with van der Waals surface area (Å²) in [5, 5.41) is 8.68. The maximum absolute atomic E-state index is 12.4. The predicted octanol–water partition coefficient (Wildman–Crippen LogP) is 2.75. The molecular formula is C8H4F4INO3. The number of carbonyl (C=O) groups is 1. The van der Waals surface area contributed by atoms with Crippen molar-refractivity contribution in [2.45, 2.75) is 13.0 Å². The van der Waals surface area contributed by atoms with Gasteiger partial charge in [-0.05, 0) is 22.6 Å². The third kappa shape index (κ3) is 3.41. The maximum atomic E-state index is 12.4. The minimum atomic E-state index is -5.04. The van der Waals surface area contributed by atoms with E-state index >= 15 is 0 Å². The molecule has 0 amide bonds. The van der Waals surface area contributed by atoms with Crippen LogP contribution in [0, 0.1) is 3.57 Å². The molecule has 0 fully saturated rings. The average molecular weight is 365 g/mol. The van der Waals surface area contributed by atoms with Gasteiger partial charge in [0.05, 0.1) is 9.13 Å². The lowest BCUT2D eigenvalue weighted by molar-refractivity contribution is -0.275. The highest BCUT2D eigenvalue weighted by Gasteiger charge is 2.34. The third-order valence-electron chi connectivity index (χ3n) is 1.62. The Hall–Kier alpha value is -1.13. The molecule has 0 saturated carbocycles. The first-order chi connectivity index (χ1) is 7.76. The molecule has 0 bridgehead atoms. The fourth-order valence-electron chi connectivity index (χ4n) is 0.970. The van der Waals surface area contributed by atoms with Crippen molar-refractivity contribution in [2.24, 2.45) is 0 Å². The molecule has 1 rings (SSSR count). The van der Waals surface area contributed by atoms with Gasteiger partial charge in [0.25, 0.3) is 0 Å². The van der Waals surface area contributed by atoms with Gasteiger partial charge in [-0.3, -0.25) is 4.98 Å². The average Bonchev–Trinajstić information content (AvgIpc) is 2.18. The van der Waals surface area contributed by atoms with Crippen LogP contribution in [0.15, 0.2) is 6.20 Å². The Morgan fingerprint density at radius 3 is 2.53 bits per heavy atom. The Kier molecular flexibility index (Phi) is 4.11. The van der Waals surface area contributed by atoms with Crippen LogP contribution in [0.2, 0.25) is 0 Å². The van der Waals surface area contributed by atoms with Gasteiger partial charge < -0.3 is 9.84 Å². The third-order valence-corrected chi connectivity index (χ3v) is 2.69. The zero-order chi connectivity index (χ0) is 13.2. The molecule has 0 aliphatic heterocycles. The molecule has 0 aromatic carbocycles. The minimum absolute atomic E-state index is 0.352. The molecule has 0 unspecified atom stereocenters. The molecular weight excluding hydrogens is 361 g/mol. The Labute approximate surface area is 106 Å². The first-order valence-corrected chi connectivity index (χ1v) is 5.06.